The molecule has 13 heavy (non-hydrogen) atoms. The number of hydrogen-bond acceptors (Lipinski definition) is 2. The molecule has 0 amide bonds. The summed E-state index contributed by atoms with van der Waals surface area (Å²) in [7, 11) is 0. The molecule has 1 aliphatic carbocycles. The first kappa shape index (κ1) is 8.25. The lowest BCUT2D eigenvalue weighted by atomic mass is 9.87. The first-order valence-corrected chi connectivity index (χ1v) is 5.88. The van der Waals surface area contributed by atoms with Gasteiger partial charge in [0, 0.05) is 18.1 Å². The van der Waals surface area contributed by atoms with Crippen LogP contribution in [-0.2, 0) is 0 Å². The van der Waals surface area contributed by atoms with E-state index in [0.717, 1.165) is 6.04 Å². The molecule has 1 atom stereocenters. The smallest absolute Gasteiger partial charge is 0.0337 e. The molecule has 2 heteroatoms. The van der Waals surface area contributed by atoms with Crippen molar-refractivity contribution in [3.8, 4) is 0 Å². The Hall–Kier alpha value is -0.0800. The average Bonchev–Trinajstić information content (AvgIpc) is 2.93. The molecule has 74 valence electrons. The first-order chi connectivity index (χ1) is 6.41. The molecule has 1 N–H and O–H groups in total. The van der Waals surface area contributed by atoms with Crippen molar-refractivity contribution in [1.82, 2.24) is 10.2 Å². The molecule has 1 unspecified atom stereocenters. The molecule has 1 saturated carbocycles. The maximum atomic E-state index is 3.59. The number of rotatable bonds is 1. The maximum Gasteiger partial charge on any atom is 0.0337 e. The predicted molar refractivity (Wildman–Crippen MR) is 53.8 cm³/mol. The quantitative estimate of drug-likeness (QED) is 0.655. The van der Waals surface area contributed by atoms with Gasteiger partial charge in [0.25, 0.3) is 0 Å². The first-order valence-electron chi connectivity index (χ1n) is 5.88. The summed E-state index contributed by atoms with van der Waals surface area (Å²) < 4.78 is 0. The molecular formula is C11H20N2. The molecule has 0 bridgehead atoms. The summed E-state index contributed by atoms with van der Waals surface area (Å²) >= 11 is 0. The second-order valence-electron chi connectivity index (χ2n) is 5.03. The van der Waals surface area contributed by atoms with Crippen LogP contribution in [0.15, 0.2) is 0 Å². The molecule has 2 heterocycles. The SMILES string of the molecule is C1CNCC2(C1)CCCN2C1CC1. The van der Waals surface area contributed by atoms with E-state index < -0.39 is 0 Å². The van der Waals surface area contributed by atoms with E-state index in [1.165, 1.54) is 58.2 Å². The lowest BCUT2D eigenvalue weighted by molar-refractivity contribution is 0.0977. The average molecular weight is 180 g/mol. The van der Waals surface area contributed by atoms with Crippen LogP contribution in [0.25, 0.3) is 0 Å². The van der Waals surface area contributed by atoms with Crippen LogP contribution in [0.1, 0.15) is 38.5 Å². The van der Waals surface area contributed by atoms with Gasteiger partial charge in [0.05, 0.1) is 0 Å². The summed E-state index contributed by atoms with van der Waals surface area (Å²) in [5.41, 5.74) is 0.597. The van der Waals surface area contributed by atoms with Gasteiger partial charge in [-0.1, -0.05) is 0 Å². The summed E-state index contributed by atoms with van der Waals surface area (Å²) in [5, 5.41) is 3.59. The van der Waals surface area contributed by atoms with Gasteiger partial charge in [0.2, 0.25) is 0 Å². The zero-order valence-corrected chi connectivity index (χ0v) is 8.39. The second-order valence-corrected chi connectivity index (χ2v) is 5.03. The van der Waals surface area contributed by atoms with E-state index in [4.69, 9.17) is 0 Å². The minimum atomic E-state index is 0.597. The Balaban J connectivity index is 1.77. The highest BCUT2D eigenvalue weighted by molar-refractivity contribution is 5.04. The van der Waals surface area contributed by atoms with Crippen molar-refractivity contribution in [3.63, 3.8) is 0 Å². The molecule has 3 aliphatic rings. The largest absolute Gasteiger partial charge is 0.315 e. The van der Waals surface area contributed by atoms with Crippen molar-refractivity contribution in [2.75, 3.05) is 19.6 Å². The van der Waals surface area contributed by atoms with E-state index in [9.17, 15) is 0 Å². The van der Waals surface area contributed by atoms with E-state index in [1.54, 1.807) is 0 Å². The third kappa shape index (κ3) is 1.31. The van der Waals surface area contributed by atoms with Gasteiger partial charge in [0.15, 0.2) is 0 Å². The van der Waals surface area contributed by atoms with Gasteiger partial charge in [-0.15, -0.1) is 0 Å². The number of nitrogens with zero attached hydrogens (tertiary/aromatic N) is 1. The predicted octanol–water partition coefficient (Wildman–Crippen LogP) is 1.37. The fourth-order valence-electron chi connectivity index (χ4n) is 3.33. The van der Waals surface area contributed by atoms with Gasteiger partial charge in [-0.3, -0.25) is 4.90 Å². The highest BCUT2D eigenvalue weighted by atomic mass is 15.3. The van der Waals surface area contributed by atoms with Gasteiger partial charge in [-0.25, -0.2) is 0 Å². The Morgan fingerprint density at radius 1 is 1.15 bits per heavy atom. The monoisotopic (exact) mass is 180 g/mol. The van der Waals surface area contributed by atoms with Crippen LogP contribution in [0.5, 0.6) is 0 Å². The van der Waals surface area contributed by atoms with E-state index in [2.05, 4.69) is 10.2 Å². The molecule has 3 fully saturated rings. The normalized spacial score (nSPS) is 41.5. The van der Waals surface area contributed by atoms with Crippen LogP contribution in [-0.4, -0.2) is 36.1 Å². The van der Waals surface area contributed by atoms with Crippen molar-refractivity contribution < 1.29 is 0 Å². The van der Waals surface area contributed by atoms with Gasteiger partial charge in [0.1, 0.15) is 0 Å². The Labute approximate surface area is 80.7 Å². The van der Waals surface area contributed by atoms with Gasteiger partial charge >= 0.3 is 0 Å². The number of likely N-dealkylation sites (tertiary alicyclic amines) is 1. The Morgan fingerprint density at radius 2 is 2.00 bits per heavy atom. The van der Waals surface area contributed by atoms with Crippen LogP contribution in [0, 0.1) is 0 Å². The molecule has 0 aromatic rings. The zero-order chi connectivity index (χ0) is 8.73. The van der Waals surface area contributed by atoms with Crippen molar-refractivity contribution in [3.05, 3.63) is 0 Å². The summed E-state index contributed by atoms with van der Waals surface area (Å²) in [6.07, 6.45) is 8.69. The molecule has 0 radical (unpaired) electrons. The van der Waals surface area contributed by atoms with Crippen LogP contribution >= 0.6 is 0 Å². The molecule has 3 rings (SSSR count). The topological polar surface area (TPSA) is 15.3 Å². The fraction of sp³-hybridized carbons (Fsp3) is 1.00. The molecular weight excluding hydrogens is 160 g/mol. The van der Waals surface area contributed by atoms with Crippen molar-refractivity contribution in [1.29, 1.82) is 0 Å². The number of hydrogen-bond donors (Lipinski definition) is 1. The molecule has 1 spiro atoms. The van der Waals surface area contributed by atoms with E-state index >= 15 is 0 Å². The number of nitrogens with one attached hydrogen (secondary N) is 1. The lowest BCUT2D eigenvalue weighted by Gasteiger charge is -2.42. The van der Waals surface area contributed by atoms with Gasteiger partial charge in [-0.05, 0) is 51.6 Å². The summed E-state index contributed by atoms with van der Waals surface area (Å²) in [6, 6.07) is 0.974. The zero-order valence-electron chi connectivity index (χ0n) is 8.39. The van der Waals surface area contributed by atoms with Crippen molar-refractivity contribution in [2.24, 2.45) is 0 Å². The molecule has 2 saturated heterocycles. The Morgan fingerprint density at radius 3 is 2.69 bits per heavy atom. The highest BCUT2D eigenvalue weighted by Gasteiger charge is 2.47. The molecule has 0 aromatic heterocycles. The van der Waals surface area contributed by atoms with Crippen LogP contribution in [0.2, 0.25) is 0 Å². The minimum Gasteiger partial charge on any atom is -0.315 e. The van der Waals surface area contributed by atoms with E-state index in [0.29, 0.717) is 5.54 Å². The van der Waals surface area contributed by atoms with Crippen LogP contribution in [0.4, 0.5) is 0 Å². The Kier molecular flexibility index (Phi) is 1.88. The third-order valence-corrected chi connectivity index (χ3v) is 4.09. The van der Waals surface area contributed by atoms with Gasteiger partial charge in [-0.2, -0.15) is 0 Å². The fourth-order valence-corrected chi connectivity index (χ4v) is 3.33. The van der Waals surface area contributed by atoms with Crippen molar-refractivity contribution in [2.45, 2.75) is 50.1 Å². The Bertz CT molecular complexity index is 192. The van der Waals surface area contributed by atoms with Crippen LogP contribution < -0.4 is 5.32 Å². The standard InChI is InChI=1S/C11H20N2/c1-5-11(9-12-7-1)6-2-8-13(11)10-3-4-10/h10,12H,1-9H2. The third-order valence-electron chi connectivity index (χ3n) is 4.09. The summed E-state index contributed by atoms with van der Waals surface area (Å²) in [6.45, 7) is 3.90. The van der Waals surface area contributed by atoms with Crippen LogP contribution in [0.3, 0.4) is 0 Å². The molecule has 2 aliphatic heterocycles. The maximum absolute atomic E-state index is 3.59. The van der Waals surface area contributed by atoms with Crippen molar-refractivity contribution >= 4 is 0 Å². The summed E-state index contributed by atoms with van der Waals surface area (Å²) in [4.78, 5) is 2.83. The van der Waals surface area contributed by atoms with E-state index in [-0.39, 0.29) is 0 Å². The lowest BCUT2D eigenvalue weighted by Crippen LogP contribution is -2.54. The molecule has 0 aromatic carbocycles. The van der Waals surface area contributed by atoms with Gasteiger partial charge < -0.3 is 5.32 Å². The molecule has 2 nitrogen and oxygen atoms in total. The van der Waals surface area contributed by atoms with E-state index in [1.807, 2.05) is 0 Å². The summed E-state index contributed by atoms with van der Waals surface area (Å²) in [5.74, 6) is 0. The second kappa shape index (κ2) is 2.96. The highest BCUT2D eigenvalue weighted by Crippen LogP contribution is 2.42. The number of piperidine rings is 1. The minimum absolute atomic E-state index is 0.597.